The minimum atomic E-state index is -4.81. The summed E-state index contributed by atoms with van der Waals surface area (Å²) in [5.74, 6) is 0.522. The van der Waals surface area contributed by atoms with Gasteiger partial charge in [0.25, 0.3) is 5.56 Å². The van der Waals surface area contributed by atoms with Gasteiger partial charge in [-0.3, -0.25) is 33.9 Å². The van der Waals surface area contributed by atoms with Crippen LogP contribution in [0.2, 0.25) is 5.02 Å². The third-order valence-corrected chi connectivity index (χ3v) is 10.9. The van der Waals surface area contributed by atoms with Gasteiger partial charge in [-0.1, -0.05) is 80.0 Å². The fourth-order valence-corrected chi connectivity index (χ4v) is 7.81. The number of hydrogen-bond acceptors (Lipinski definition) is 11. The van der Waals surface area contributed by atoms with Gasteiger partial charge >= 0.3 is 7.82 Å². The van der Waals surface area contributed by atoms with E-state index in [9.17, 15) is 19.0 Å². The lowest BCUT2D eigenvalue weighted by Crippen LogP contribution is -2.38. The van der Waals surface area contributed by atoms with Crippen molar-refractivity contribution in [2.45, 2.75) is 44.3 Å². The van der Waals surface area contributed by atoms with E-state index in [0.29, 0.717) is 16.5 Å². The number of nitrogens with zero attached hydrogens (tertiary/aromatic N) is 3. The molecule has 7 rings (SSSR count). The second-order valence-electron chi connectivity index (χ2n) is 13.7. The lowest BCUT2D eigenvalue weighted by Gasteiger charge is -2.37. The highest BCUT2D eigenvalue weighted by Crippen LogP contribution is 2.50. The van der Waals surface area contributed by atoms with Crippen LogP contribution in [0.4, 0.5) is 5.95 Å². The predicted octanol–water partition coefficient (Wildman–Crippen LogP) is 7.25. The van der Waals surface area contributed by atoms with Crippen LogP contribution in [0, 0.1) is 5.92 Å². The topological polar surface area (TPSA) is 185 Å². The number of nitrogens with one attached hydrogen (secondary N) is 2. The van der Waals surface area contributed by atoms with E-state index >= 15 is 0 Å². The van der Waals surface area contributed by atoms with E-state index in [-0.39, 0.29) is 47.7 Å². The molecule has 1 amide bonds. The van der Waals surface area contributed by atoms with Crippen LogP contribution in [0.5, 0.6) is 17.2 Å². The number of benzene rings is 4. The Labute approximate surface area is 338 Å². The van der Waals surface area contributed by atoms with Crippen molar-refractivity contribution in [3.05, 3.63) is 142 Å². The predicted molar refractivity (Wildman–Crippen MR) is 215 cm³/mol. The lowest BCUT2D eigenvalue weighted by atomic mass is 9.80. The molecule has 0 bridgehead atoms. The molecule has 0 aliphatic carbocycles. The maximum Gasteiger partial charge on any atom is 0.527 e. The quantitative estimate of drug-likeness (QED) is 0.0697. The molecule has 4 atom stereocenters. The summed E-state index contributed by atoms with van der Waals surface area (Å²) in [6.45, 7) is 3.22. The van der Waals surface area contributed by atoms with E-state index in [2.05, 4.69) is 20.3 Å². The number of phosphoric acid groups is 1. The number of aromatic nitrogens is 4. The average Bonchev–Trinajstić information content (AvgIpc) is 3.83. The molecule has 1 aliphatic rings. The van der Waals surface area contributed by atoms with Crippen LogP contribution in [0.1, 0.15) is 43.2 Å². The standard InChI is InChI=1S/C41H41ClN5O10P/c1-25(2)38(48)45-40-44-37-36(39(49)46-40)43-24-47(37)35-22-33(57-58(50,51)56-32-20-14-29(42)15-21-32)34(55-35)23-54-41(26-8-6-5-7-9-26,27-10-16-30(52-3)17-11-27)28-12-18-31(53-4)19-13-28/h5-21,24-25,33-35H,22-23H2,1-4H3,(H,50,51)(H2,44,45,46,48,49)/t33-,34+,35+/m0/s1. The SMILES string of the molecule is COc1ccc(C(OC[C@H]2O[C@@H](n3cnc4c(=O)[nH]c(NC(=O)C(C)C)nc43)C[C@@H]2OP(=O)(O)Oc2ccc(Cl)cc2)(c2ccccc2)c2ccc(OC)cc2)cc1. The Morgan fingerprint density at radius 3 is 2.12 bits per heavy atom. The van der Waals surface area contributed by atoms with E-state index in [1.807, 2.05) is 78.9 Å². The second-order valence-corrected chi connectivity index (χ2v) is 15.5. The fourth-order valence-electron chi connectivity index (χ4n) is 6.69. The largest absolute Gasteiger partial charge is 0.527 e. The Balaban J connectivity index is 1.29. The van der Waals surface area contributed by atoms with Gasteiger partial charge in [0.05, 0.1) is 27.2 Å². The number of phosphoric ester groups is 1. The Kier molecular flexibility index (Phi) is 12.0. The van der Waals surface area contributed by atoms with Gasteiger partial charge in [0.15, 0.2) is 11.2 Å². The Bertz CT molecular complexity index is 2420. The van der Waals surface area contributed by atoms with Crippen molar-refractivity contribution < 1.29 is 42.2 Å². The number of anilines is 1. The van der Waals surface area contributed by atoms with E-state index in [4.69, 9.17) is 39.6 Å². The van der Waals surface area contributed by atoms with E-state index < -0.39 is 37.4 Å². The average molecular weight is 830 g/mol. The van der Waals surface area contributed by atoms with Gasteiger partial charge in [-0.2, -0.15) is 4.98 Å². The molecule has 3 heterocycles. The zero-order chi connectivity index (χ0) is 41.0. The van der Waals surface area contributed by atoms with Crippen molar-refractivity contribution in [3.63, 3.8) is 0 Å². The number of ether oxygens (including phenoxy) is 4. The Morgan fingerprint density at radius 2 is 1.53 bits per heavy atom. The van der Waals surface area contributed by atoms with Crippen molar-refractivity contribution in [2.24, 2.45) is 5.92 Å². The van der Waals surface area contributed by atoms with Crippen LogP contribution < -0.4 is 24.9 Å². The van der Waals surface area contributed by atoms with E-state index in [0.717, 1.165) is 16.7 Å². The number of carbonyl (C=O) groups is 1. The number of carbonyl (C=O) groups excluding carboxylic acids is 1. The molecule has 6 aromatic rings. The van der Waals surface area contributed by atoms with E-state index in [1.54, 1.807) is 28.1 Å². The summed E-state index contributed by atoms with van der Waals surface area (Å²) in [6, 6.07) is 30.5. The molecule has 58 heavy (non-hydrogen) atoms. The summed E-state index contributed by atoms with van der Waals surface area (Å²) >= 11 is 6.02. The van der Waals surface area contributed by atoms with Crippen LogP contribution in [0.25, 0.3) is 11.2 Å². The van der Waals surface area contributed by atoms with Crippen LogP contribution in [-0.4, -0.2) is 63.4 Å². The number of amides is 1. The number of halogens is 1. The molecule has 1 aliphatic heterocycles. The van der Waals surface area contributed by atoms with Crippen molar-refractivity contribution in [1.29, 1.82) is 0 Å². The normalized spacial score (nSPS) is 17.9. The summed E-state index contributed by atoms with van der Waals surface area (Å²) in [4.78, 5) is 48.0. The van der Waals surface area contributed by atoms with Gasteiger partial charge < -0.3 is 23.5 Å². The molecule has 2 aromatic heterocycles. The van der Waals surface area contributed by atoms with Crippen LogP contribution in [0.3, 0.4) is 0 Å². The third-order valence-electron chi connectivity index (χ3n) is 9.63. The van der Waals surface area contributed by atoms with Gasteiger partial charge in [0.1, 0.15) is 41.3 Å². The summed E-state index contributed by atoms with van der Waals surface area (Å²) in [7, 11) is -1.65. The van der Waals surface area contributed by atoms with Crippen molar-refractivity contribution in [3.8, 4) is 17.2 Å². The highest BCUT2D eigenvalue weighted by atomic mass is 35.5. The summed E-state index contributed by atoms with van der Waals surface area (Å²) < 4.78 is 51.1. The number of fused-ring (bicyclic) bond motifs is 1. The molecule has 302 valence electrons. The number of rotatable bonds is 15. The minimum absolute atomic E-state index is 0.00989. The maximum absolute atomic E-state index is 13.6. The number of aromatic amines is 1. The molecule has 4 aromatic carbocycles. The van der Waals surface area contributed by atoms with Gasteiger partial charge in [0, 0.05) is 17.4 Å². The molecule has 0 saturated carbocycles. The zero-order valence-corrected chi connectivity index (χ0v) is 33.6. The Hall–Kier alpha value is -5.54. The van der Waals surface area contributed by atoms with Gasteiger partial charge in [-0.05, 0) is 65.2 Å². The highest BCUT2D eigenvalue weighted by Gasteiger charge is 2.46. The molecule has 0 spiro atoms. The molecular weight excluding hydrogens is 789 g/mol. The van der Waals surface area contributed by atoms with Gasteiger partial charge in [-0.15, -0.1) is 0 Å². The molecule has 3 N–H and O–H groups in total. The minimum Gasteiger partial charge on any atom is -0.497 e. The van der Waals surface area contributed by atoms with Crippen LogP contribution in [0.15, 0.2) is 114 Å². The number of imidazole rings is 1. The first kappa shape index (κ1) is 40.6. The van der Waals surface area contributed by atoms with Crippen LogP contribution in [-0.2, 0) is 29.0 Å². The first-order valence-corrected chi connectivity index (χ1v) is 20.1. The molecule has 17 heteroatoms. The van der Waals surface area contributed by atoms with Crippen LogP contribution >= 0.6 is 19.4 Å². The first-order chi connectivity index (χ1) is 27.9. The zero-order valence-electron chi connectivity index (χ0n) is 31.9. The monoisotopic (exact) mass is 829 g/mol. The van der Waals surface area contributed by atoms with Gasteiger partial charge in [0.2, 0.25) is 11.9 Å². The van der Waals surface area contributed by atoms with Crippen molar-refractivity contribution in [2.75, 3.05) is 26.1 Å². The summed E-state index contributed by atoms with van der Waals surface area (Å²) in [5.41, 5.74) is 0.505. The number of hydrogen-bond donors (Lipinski definition) is 3. The fraction of sp³-hybridized carbons (Fsp3) is 0.268. The van der Waals surface area contributed by atoms with E-state index in [1.165, 1.54) is 35.2 Å². The molecule has 1 fully saturated rings. The smallest absolute Gasteiger partial charge is 0.497 e. The number of methoxy groups -OCH3 is 2. The molecular formula is C41H41ClN5O10P. The van der Waals surface area contributed by atoms with Crippen molar-refractivity contribution >= 4 is 42.4 Å². The summed E-state index contributed by atoms with van der Waals surface area (Å²) in [6.07, 6.45) is -1.72. The third kappa shape index (κ3) is 8.65. The molecule has 1 saturated heterocycles. The van der Waals surface area contributed by atoms with Crippen molar-refractivity contribution in [1.82, 2.24) is 19.5 Å². The first-order valence-electron chi connectivity index (χ1n) is 18.3. The second kappa shape index (κ2) is 17.1. The lowest BCUT2D eigenvalue weighted by molar-refractivity contribution is -0.118. The number of H-pyrrole nitrogens is 1. The summed E-state index contributed by atoms with van der Waals surface area (Å²) in [5, 5.41) is 3.02. The highest BCUT2D eigenvalue weighted by molar-refractivity contribution is 7.47. The molecule has 15 nitrogen and oxygen atoms in total. The maximum atomic E-state index is 13.6. The molecule has 0 radical (unpaired) electrons. The Morgan fingerprint density at radius 1 is 0.948 bits per heavy atom. The van der Waals surface area contributed by atoms with Gasteiger partial charge in [-0.25, -0.2) is 9.55 Å². The molecule has 1 unspecified atom stereocenters.